The van der Waals surface area contributed by atoms with Crippen LogP contribution in [0.15, 0.2) is 23.2 Å². The highest BCUT2D eigenvalue weighted by molar-refractivity contribution is 7.89. The predicted octanol–water partition coefficient (Wildman–Crippen LogP) is 0.988. The lowest BCUT2D eigenvalue weighted by atomic mass is 10.1. The first kappa shape index (κ1) is 12.9. The maximum atomic E-state index is 11.8. The maximum absolute atomic E-state index is 11.8. The fourth-order valence-corrected chi connectivity index (χ4v) is 2.26. The Morgan fingerprint density at radius 2 is 2.25 bits per heavy atom. The van der Waals surface area contributed by atoms with Gasteiger partial charge in [0.25, 0.3) is 0 Å². The summed E-state index contributed by atoms with van der Waals surface area (Å²) < 4.78 is 26.2. The molecule has 1 rings (SSSR count). The molecule has 0 fully saturated rings. The second kappa shape index (κ2) is 5.27. The van der Waals surface area contributed by atoms with Crippen molar-refractivity contribution in [3.8, 4) is 0 Å². The third kappa shape index (κ3) is 3.46. The van der Waals surface area contributed by atoms with Crippen LogP contribution >= 0.6 is 0 Å². The average molecular weight is 243 g/mol. The molecule has 0 aliphatic rings. The van der Waals surface area contributed by atoms with Crippen molar-refractivity contribution in [2.75, 3.05) is 12.3 Å². The van der Waals surface area contributed by atoms with Gasteiger partial charge in [0.1, 0.15) is 5.82 Å². The van der Waals surface area contributed by atoms with Crippen LogP contribution in [0.3, 0.4) is 0 Å². The summed E-state index contributed by atoms with van der Waals surface area (Å²) in [6.07, 6.45) is 2.31. The molecular formula is C10H17N3O2S. The van der Waals surface area contributed by atoms with Gasteiger partial charge in [-0.1, -0.05) is 20.3 Å². The van der Waals surface area contributed by atoms with Crippen molar-refractivity contribution in [1.29, 1.82) is 0 Å². The lowest BCUT2D eigenvalue weighted by Gasteiger charge is -2.10. The first-order chi connectivity index (χ1) is 7.45. The average Bonchev–Trinajstić information content (AvgIpc) is 2.26. The number of anilines is 1. The molecule has 0 saturated heterocycles. The molecule has 6 heteroatoms. The first-order valence-electron chi connectivity index (χ1n) is 5.17. The standard InChI is InChI=1S/C10H17N3O2S/c1-3-8(2)7-13-16(14,15)9-4-5-12-10(11)6-9/h4-6,8,13H,3,7H2,1-2H3,(H2,11,12). The number of sulfonamides is 1. The number of pyridine rings is 1. The highest BCUT2D eigenvalue weighted by Crippen LogP contribution is 2.10. The van der Waals surface area contributed by atoms with Crippen molar-refractivity contribution in [3.63, 3.8) is 0 Å². The topological polar surface area (TPSA) is 85.1 Å². The van der Waals surface area contributed by atoms with Crippen molar-refractivity contribution in [2.45, 2.75) is 25.2 Å². The summed E-state index contributed by atoms with van der Waals surface area (Å²) in [6.45, 7) is 4.44. The van der Waals surface area contributed by atoms with E-state index in [1.165, 1.54) is 18.3 Å². The quantitative estimate of drug-likeness (QED) is 0.807. The molecular weight excluding hydrogens is 226 g/mol. The normalized spacial score (nSPS) is 13.6. The molecule has 1 unspecified atom stereocenters. The molecule has 0 aliphatic heterocycles. The number of nitrogens with two attached hydrogens (primary N) is 1. The van der Waals surface area contributed by atoms with Crippen molar-refractivity contribution in [3.05, 3.63) is 18.3 Å². The molecule has 0 aliphatic carbocycles. The van der Waals surface area contributed by atoms with Gasteiger partial charge in [0.2, 0.25) is 10.0 Å². The Kier molecular flexibility index (Phi) is 4.26. The van der Waals surface area contributed by atoms with Crippen LogP contribution < -0.4 is 10.5 Å². The summed E-state index contributed by atoms with van der Waals surface area (Å²) >= 11 is 0. The van der Waals surface area contributed by atoms with E-state index in [4.69, 9.17) is 5.73 Å². The van der Waals surface area contributed by atoms with E-state index in [9.17, 15) is 8.42 Å². The van der Waals surface area contributed by atoms with E-state index in [-0.39, 0.29) is 10.7 Å². The number of nitrogen functional groups attached to an aromatic ring is 1. The fraction of sp³-hybridized carbons (Fsp3) is 0.500. The minimum atomic E-state index is -3.46. The summed E-state index contributed by atoms with van der Waals surface area (Å²) in [5.74, 6) is 0.514. The summed E-state index contributed by atoms with van der Waals surface area (Å²) in [6, 6.07) is 2.77. The zero-order valence-corrected chi connectivity index (χ0v) is 10.3. The molecule has 0 bridgehead atoms. The van der Waals surface area contributed by atoms with Gasteiger partial charge in [-0.05, 0) is 12.0 Å². The van der Waals surface area contributed by atoms with Gasteiger partial charge in [0, 0.05) is 18.8 Å². The summed E-state index contributed by atoms with van der Waals surface area (Å²) in [7, 11) is -3.46. The lowest BCUT2D eigenvalue weighted by Crippen LogP contribution is -2.28. The van der Waals surface area contributed by atoms with Gasteiger partial charge >= 0.3 is 0 Å². The van der Waals surface area contributed by atoms with Gasteiger partial charge in [0.15, 0.2) is 0 Å². The Balaban J connectivity index is 2.78. The van der Waals surface area contributed by atoms with E-state index in [0.29, 0.717) is 12.5 Å². The molecule has 0 radical (unpaired) electrons. The van der Waals surface area contributed by atoms with Crippen LogP contribution in [-0.4, -0.2) is 19.9 Å². The van der Waals surface area contributed by atoms with E-state index in [0.717, 1.165) is 6.42 Å². The number of rotatable bonds is 5. The zero-order chi connectivity index (χ0) is 12.2. The third-order valence-electron chi connectivity index (χ3n) is 2.38. The molecule has 0 amide bonds. The van der Waals surface area contributed by atoms with Crippen LogP contribution in [0.1, 0.15) is 20.3 Å². The number of hydrogen-bond donors (Lipinski definition) is 2. The van der Waals surface area contributed by atoms with Gasteiger partial charge in [-0.25, -0.2) is 18.1 Å². The highest BCUT2D eigenvalue weighted by atomic mass is 32.2. The Labute approximate surface area is 96.1 Å². The van der Waals surface area contributed by atoms with Gasteiger partial charge in [-0.15, -0.1) is 0 Å². The molecule has 0 aromatic carbocycles. The molecule has 1 heterocycles. The van der Waals surface area contributed by atoms with Crippen LogP contribution in [-0.2, 0) is 10.0 Å². The van der Waals surface area contributed by atoms with Crippen LogP contribution in [0.4, 0.5) is 5.82 Å². The van der Waals surface area contributed by atoms with E-state index < -0.39 is 10.0 Å². The largest absolute Gasteiger partial charge is 0.384 e. The third-order valence-corrected chi connectivity index (χ3v) is 3.80. The number of nitrogens with one attached hydrogen (secondary N) is 1. The molecule has 90 valence electrons. The van der Waals surface area contributed by atoms with Crippen LogP contribution in [0.25, 0.3) is 0 Å². The Morgan fingerprint density at radius 1 is 1.56 bits per heavy atom. The molecule has 5 nitrogen and oxygen atoms in total. The van der Waals surface area contributed by atoms with Crippen molar-refractivity contribution in [1.82, 2.24) is 9.71 Å². The maximum Gasteiger partial charge on any atom is 0.240 e. The Morgan fingerprint density at radius 3 is 2.81 bits per heavy atom. The summed E-state index contributed by atoms with van der Waals surface area (Å²) in [5.41, 5.74) is 5.43. The Bertz CT molecular complexity index is 445. The number of aromatic nitrogens is 1. The van der Waals surface area contributed by atoms with E-state index in [2.05, 4.69) is 9.71 Å². The smallest absolute Gasteiger partial charge is 0.240 e. The highest BCUT2D eigenvalue weighted by Gasteiger charge is 2.14. The summed E-state index contributed by atoms with van der Waals surface area (Å²) in [5, 5.41) is 0. The molecule has 0 spiro atoms. The predicted molar refractivity (Wildman–Crippen MR) is 63.3 cm³/mol. The zero-order valence-electron chi connectivity index (χ0n) is 9.47. The minimum absolute atomic E-state index is 0.156. The SMILES string of the molecule is CCC(C)CNS(=O)(=O)c1ccnc(N)c1. The summed E-state index contributed by atoms with van der Waals surface area (Å²) in [4.78, 5) is 3.91. The molecule has 16 heavy (non-hydrogen) atoms. The van der Waals surface area contributed by atoms with Crippen LogP contribution in [0.5, 0.6) is 0 Å². The van der Waals surface area contributed by atoms with Crippen molar-refractivity contribution < 1.29 is 8.42 Å². The van der Waals surface area contributed by atoms with Gasteiger partial charge in [0.05, 0.1) is 4.90 Å². The molecule has 1 aromatic rings. The van der Waals surface area contributed by atoms with Crippen LogP contribution in [0.2, 0.25) is 0 Å². The van der Waals surface area contributed by atoms with Crippen molar-refractivity contribution in [2.24, 2.45) is 5.92 Å². The fourth-order valence-electron chi connectivity index (χ4n) is 1.07. The van der Waals surface area contributed by atoms with E-state index in [1.807, 2.05) is 13.8 Å². The molecule has 1 aromatic heterocycles. The first-order valence-corrected chi connectivity index (χ1v) is 6.65. The Hall–Kier alpha value is -1.14. The molecule has 0 saturated carbocycles. The number of nitrogens with zero attached hydrogens (tertiary/aromatic N) is 1. The molecule has 1 atom stereocenters. The van der Waals surface area contributed by atoms with Gasteiger partial charge in [-0.2, -0.15) is 0 Å². The van der Waals surface area contributed by atoms with E-state index >= 15 is 0 Å². The van der Waals surface area contributed by atoms with Gasteiger partial charge < -0.3 is 5.73 Å². The second-order valence-electron chi connectivity index (χ2n) is 3.78. The van der Waals surface area contributed by atoms with Gasteiger partial charge in [-0.3, -0.25) is 0 Å². The lowest BCUT2D eigenvalue weighted by molar-refractivity contribution is 0.528. The number of hydrogen-bond acceptors (Lipinski definition) is 4. The van der Waals surface area contributed by atoms with Crippen LogP contribution in [0, 0.1) is 5.92 Å². The monoisotopic (exact) mass is 243 g/mol. The van der Waals surface area contributed by atoms with Crippen molar-refractivity contribution >= 4 is 15.8 Å². The molecule has 3 N–H and O–H groups in total. The minimum Gasteiger partial charge on any atom is -0.384 e. The van der Waals surface area contributed by atoms with E-state index in [1.54, 1.807) is 0 Å². The second-order valence-corrected chi connectivity index (χ2v) is 5.55.